The van der Waals surface area contributed by atoms with E-state index in [1.54, 1.807) is 14.0 Å². The Balaban J connectivity index is 4.31. The Bertz CT molecular complexity index is 794. The maximum Gasteiger partial charge on any atom is 0.306 e. The highest BCUT2D eigenvalue weighted by Gasteiger charge is 2.14. The van der Waals surface area contributed by atoms with Crippen LogP contribution < -0.4 is 5.32 Å². The molecule has 0 heterocycles. The van der Waals surface area contributed by atoms with Crippen molar-refractivity contribution in [3.05, 3.63) is 0 Å². The molecule has 8 heteroatoms. The number of ether oxygens (including phenoxy) is 3. The lowest BCUT2D eigenvalue weighted by Crippen LogP contribution is -2.36. The molecule has 0 aliphatic rings. The van der Waals surface area contributed by atoms with E-state index in [1.807, 2.05) is 0 Å². The largest absolute Gasteiger partial charge is 0.466 e. The lowest BCUT2D eigenvalue weighted by molar-refractivity contribution is -0.150. The highest BCUT2D eigenvalue weighted by atomic mass is 16.5. The van der Waals surface area contributed by atoms with E-state index in [2.05, 4.69) is 31.0 Å². The molecule has 1 amide bonds. The maximum atomic E-state index is 12.6. The number of unbranched alkanes of at least 4 members (excludes halogenated alkanes) is 18. The summed E-state index contributed by atoms with van der Waals surface area (Å²) in [5, 5.41) is 2.99. The third kappa shape index (κ3) is 33.9. The first kappa shape index (κ1) is 49.3. The van der Waals surface area contributed by atoms with E-state index in [0.29, 0.717) is 26.0 Å². The molecule has 8 nitrogen and oxygen atoms in total. The SMILES string of the molecule is CCCCCCCCOC(=O)CCCCCCCN(CCCCCCCC(=O)OC(CCCCC)CCCCCC)CCCNC(=O)C(C)OC. The predicted molar refractivity (Wildman–Crippen MR) is 213 cm³/mol. The lowest BCUT2D eigenvalue weighted by atomic mass is 10.0. The molecule has 51 heavy (non-hydrogen) atoms. The van der Waals surface area contributed by atoms with E-state index in [-0.39, 0.29) is 23.9 Å². The van der Waals surface area contributed by atoms with E-state index in [1.165, 1.54) is 70.6 Å². The smallest absolute Gasteiger partial charge is 0.306 e. The molecule has 2 atom stereocenters. The summed E-state index contributed by atoms with van der Waals surface area (Å²) in [5.74, 6) is -0.104. The van der Waals surface area contributed by atoms with Crippen LogP contribution in [0.2, 0.25) is 0 Å². The standard InChI is InChI=1S/C43H84N2O6/c1-6-9-12-14-21-28-38-50-41(46)32-24-17-15-19-26-35-45(37-29-34-44-43(48)39(4)49-5)36-27-20-16-18-25-33-42(47)51-40(30-22-11-8-3)31-23-13-10-7-2/h39-40H,6-38H2,1-5H3,(H,44,48). The highest BCUT2D eigenvalue weighted by molar-refractivity contribution is 5.80. The number of nitrogens with one attached hydrogen (secondary N) is 1. The molecule has 0 aromatic rings. The number of amides is 1. The zero-order valence-electron chi connectivity index (χ0n) is 34.4. The molecule has 0 rings (SSSR count). The minimum absolute atomic E-state index is 0.00594. The normalized spacial score (nSPS) is 12.6. The molecule has 0 bridgehead atoms. The van der Waals surface area contributed by atoms with Crippen molar-refractivity contribution in [2.45, 2.75) is 220 Å². The van der Waals surface area contributed by atoms with Gasteiger partial charge in [0.05, 0.1) is 6.61 Å². The minimum Gasteiger partial charge on any atom is -0.466 e. The van der Waals surface area contributed by atoms with Crippen LogP contribution in [0.15, 0.2) is 0 Å². The molecule has 2 unspecified atom stereocenters. The number of carbonyl (C=O) groups excluding carboxylic acids is 3. The van der Waals surface area contributed by atoms with Gasteiger partial charge in [-0.1, -0.05) is 124 Å². The molecule has 0 aliphatic heterocycles. The highest BCUT2D eigenvalue weighted by Crippen LogP contribution is 2.17. The van der Waals surface area contributed by atoms with Crippen LogP contribution in [-0.2, 0) is 28.6 Å². The van der Waals surface area contributed by atoms with Crippen LogP contribution in [0.3, 0.4) is 0 Å². The first-order valence-corrected chi connectivity index (χ1v) is 21.8. The second-order valence-corrected chi connectivity index (χ2v) is 14.8. The Labute approximate surface area is 315 Å². The minimum atomic E-state index is -0.423. The average molecular weight is 725 g/mol. The molecular weight excluding hydrogens is 640 g/mol. The van der Waals surface area contributed by atoms with Crippen LogP contribution in [-0.4, -0.2) is 74.8 Å². The van der Waals surface area contributed by atoms with Gasteiger partial charge in [-0.25, -0.2) is 0 Å². The van der Waals surface area contributed by atoms with Crippen molar-refractivity contribution in [3.63, 3.8) is 0 Å². The van der Waals surface area contributed by atoms with E-state index >= 15 is 0 Å². The number of hydrogen-bond donors (Lipinski definition) is 1. The molecule has 0 aliphatic carbocycles. The van der Waals surface area contributed by atoms with Crippen molar-refractivity contribution >= 4 is 17.8 Å². The van der Waals surface area contributed by atoms with Gasteiger partial charge in [-0.15, -0.1) is 0 Å². The van der Waals surface area contributed by atoms with Crippen molar-refractivity contribution in [1.82, 2.24) is 10.2 Å². The summed E-state index contributed by atoms with van der Waals surface area (Å²) in [6, 6.07) is 0. The summed E-state index contributed by atoms with van der Waals surface area (Å²) in [5.41, 5.74) is 0. The fourth-order valence-corrected chi connectivity index (χ4v) is 6.44. The van der Waals surface area contributed by atoms with Crippen LogP contribution in [0.5, 0.6) is 0 Å². The molecule has 302 valence electrons. The molecule has 0 aromatic heterocycles. The van der Waals surface area contributed by atoms with Gasteiger partial charge in [0, 0.05) is 26.5 Å². The zero-order chi connectivity index (χ0) is 37.6. The summed E-state index contributed by atoms with van der Waals surface area (Å²) in [7, 11) is 1.56. The number of rotatable bonds is 39. The van der Waals surface area contributed by atoms with Crippen molar-refractivity contribution < 1.29 is 28.6 Å². The van der Waals surface area contributed by atoms with Crippen LogP contribution in [0.1, 0.15) is 207 Å². The average Bonchev–Trinajstić information content (AvgIpc) is 3.12. The van der Waals surface area contributed by atoms with Crippen molar-refractivity contribution in [2.24, 2.45) is 0 Å². The summed E-state index contributed by atoms with van der Waals surface area (Å²) >= 11 is 0. The Morgan fingerprint density at radius 3 is 1.59 bits per heavy atom. The number of nitrogens with zero attached hydrogens (tertiary/aromatic N) is 1. The molecule has 0 radical (unpaired) electrons. The number of methoxy groups -OCH3 is 1. The second kappa shape index (κ2) is 38.1. The van der Waals surface area contributed by atoms with Crippen LogP contribution in [0.25, 0.3) is 0 Å². The van der Waals surface area contributed by atoms with Crippen molar-refractivity contribution in [1.29, 1.82) is 0 Å². The van der Waals surface area contributed by atoms with Gasteiger partial charge in [0.15, 0.2) is 0 Å². The van der Waals surface area contributed by atoms with Gasteiger partial charge >= 0.3 is 11.9 Å². The van der Waals surface area contributed by atoms with E-state index in [9.17, 15) is 14.4 Å². The summed E-state index contributed by atoms with van der Waals surface area (Å²) in [4.78, 5) is 39.2. The summed E-state index contributed by atoms with van der Waals surface area (Å²) in [6.45, 7) is 12.8. The molecule has 0 saturated heterocycles. The Morgan fingerprint density at radius 1 is 0.549 bits per heavy atom. The first-order valence-electron chi connectivity index (χ1n) is 21.8. The van der Waals surface area contributed by atoms with E-state index in [0.717, 1.165) is 116 Å². The third-order valence-electron chi connectivity index (χ3n) is 9.95. The number of esters is 2. The topological polar surface area (TPSA) is 94.2 Å². The van der Waals surface area contributed by atoms with Gasteiger partial charge in [-0.2, -0.15) is 0 Å². The monoisotopic (exact) mass is 725 g/mol. The Morgan fingerprint density at radius 2 is 1.00 bits per heavy atom. The van der Waals surface area contributed by atoms with Crippen molar-refractivity contribution in [3.8, 4) is 0 Å². The fourth-order valence-electron chi connectivity index (χ4n) is 6.44. The van der Waals surface area contributed by atoms with Crippen LogP contribution in [0.4, 0.5) is 0 Å². The maximum absolute atomic E-state index is 12.6. The molecule has 1 N–H and O–H groups in total. The third-order valence-corrected chi connectivity index (χ3v) is 9.95. The van der Waals surface area contributed by atoms with Crippen molar-refractivity contribution in [2.75, 3.05) is 39.9 Å². The second-order valence-electron chi connectivity index (χ2n) is 14.8. The fraction of sp³-hybridized carbons (Fsp3) is 0.930. The van der Waals surface area contributed by atoms with Crippen LogP contribution in [0, 0.1) is 0 Å². The summed E-state index contributed by atoms with van der Waals surface area (Å²) < 4.78 is 16.5. The van der Waals surface area contributed by atoms with E-state index in [4.69, 9.17) is 14.2 Å². The van der Waals surface area contributed by atoms with Gasteiger partial charge in [0.25, 0.3) is 0 Å². The number of carbonyl (C=O) groups is 3. The molecule has 0 saturated carbocycles. The molecule has 0 aromatic carbocycles. The van der Waals surface area contributed by atoms with Gasteiger partial charge in [-0.05, 0) is 90.8 Å². The first-order chi connectivity index (χ1) is 24.9. The lowest BCUT2D eigenvalue weighted by Gasteiger charge is -2.22. The molecular formula is C43H84N2O6. The summed E-state index contributed by atoms with van der Waals surface area (Å²) in [6.07, 6.45) is 30.3. The zero-order valence-corrected chi connectivity index (χ0v) is 34.4. The van der Waals surface area contributed by atoms with E-state index < -0.39 is 6.10 Å². The number of hydrogen-bond acceptors (Lipinski definition) is 7. The molecule has 0 fully saturated rings. The Hall–Kier alpha value is -1.67. The Kier molecular flexibility index (Phi) is 36.8. The predicted octanol–water partition coefficient (Wildman–Crippen LogP) is 10.9. The van der Waals surface area contributed by atoms with Gasteiger partial charge in [0.1, 0.15) is 12.2 Å². The van der Waals surface area contributed by atoms with Gasteiger partial charge < -0.3 is 24.4 Å². The van der Waals surface area contributed by atoms with Crippen LogP contribution >= 0.6 is 0 Å². The van der Waals surface area contributed by atoms with Gasteiger partial charge in [0.2, 0.25) is 5.91 Å². The quantitative estimate of drug-likeness (QED) is 0.0498. The van der Waals surface area contributed by atoms with Gasteiger partial charge in [-0.3, -0.25) is 14.4 Å². The molecule has 0 spiro atoms.